The van der Waals surface area contributed by atoms with Crippen LogP contribution in [-0.2, 0) is 11.2 Å². The highest BCUT2D eigenvalue weighted by molar-refractivity contribution is 5.91. The third-order valence-electron chi connectivity index (χ3n) is 7.42. The number of ether oxygens (including phenoxy) is 2. The van der Waals surface area contributed by atoms with E-state index < -0.39 is 0 Å². The molecule has 0 N–H and O–H groups in total. The fourth-order valence-electron chi connectivity index (χ4n) is 5.37. The van der Waals surface area contributed by atoms with E-state index in [2.05, 4.69) is 74.5 Å². The molecule has 3 atom stereocenters. The zero-order valence-corrected chi connectivity index (χ0v) is 18.8. The van der Waals surface area contributed by atoms with E-state index in [0.29, 0.717) is 11.8 Å². The zero-order chi connectivity index (χ0) is 21.2. The summed E-state index contributed by atoms with van der Waals surface area (Å²) < 4.78 is 13.4. The first-order valence-corrected chi connectivity index (χ1v) is 12.2. The summed E-state index contributed by atoms with van der Waals surface area (Å²) in [6.07, 6.45) is 8.26. The zero-order valence-electron chi connectivity index (χ0n) is 18.8. The Bertz CT molecular complexity index is 1010. The van der Waals surface area contributed by atoms with Gasteiger partial charge in [0.1, 0.15) is 5.75 Å². The van der Waals surface area contributed by atoms with Gasteiger partial charge >= 0.3 is 0 Å². The first-order chi connectivity index (χ1) is 15.2. The molecular formula is C29H34O2. The average Bonchev–Trinajstić information content (AvgIpc) is 3.18. The maximum absolute atomic E-state index is 6.80. The minimum absolute atomic E-state index is 0.0763. The van der Waals surface area contributed by atoms with E-state index in [-0.39, 0.29) is 12.4 Å². The van der Waals surface area contributed by atoms with E-state index in [9.17, 15) is 0 Å². The van der Waals surface area contributed by atoms with E-state index in [4.69, 9.17) is 9.47 Å². The van der Waals surface area contributed by atoms with Gasteiger partial charge in [-0.15, -0.1) is 0 Å². The maximum atomic E-state index is 6.80. The van der Waals surface area contributed by atoms with E-state index in [1.54, 1.807) is 0 Å². The first kappa shape index (κ1) is 20.6. The van der Waals surface area contributed by atoms with Crippen LogP contribution in [0.3, 0.4) is 0 Å². The van der Waals surface area contributed by atoms with Gasteiger partial charge < -0.3 is 9.47 Å². The molecule has 2 nitrogen and oxygen atoms in total. The van der Waals surface area contributed by atoms with Crippen LogP contribution in [0, 0.1) is 5.92 Å². The number of hydrogen-bond acceptors (Lipinski definition) is 2. The summed E-state index contributed by atoms with van der Waals surface area (Å²) in [5, 5.41) is 2.70. The molecule has 2 aliphatic rings. The van der Waals surface area contributed by atoms with Gasteiger partial charge in [0, 0.05) is 12.3 Å². The maximum Gasteiger partial charge on any atom is 0.203 e. The van der Waals surface area contributed by atoms with Gasteiger partial charge in [0.25, 0.3) is 0 Å². The van der Waals surface area contributed by atoms with Gasteiger partial charge in [-0.05, 0) is 64.8 Å². The Balaban J connectivity index is 1.38. The first-order valence-electron chi connectivity index (χ1n) is 12.2. The molecule has 1 saturated carbocycles. The van der Waals surface area contributed by atoms with Crippen LogP contribution in [-0.4, -0.2) is 6.29 Å². The standard InChI is InChI=1S/C29H34O2/c1-3-20(2)21-15-17-25(18-16-21)30-29(23-9-5-4-6-10-23)31-27-19-24-13-7-11-22-12-8-14-26(27)28(22)24/h7-8,11-18,20,23,27,29H,3-6,9-10,19H2,1-2H3. The lowest BCUT2D eigenvalue weighted by molar-refractivity contribution is -0.155. The third kappa shape index (κ3) is 4.23. The average molecular weight is 415 g/mol. The second kappa shape index (κ2) is 9.04. The molecule has 0 heterocycles. The van der Waals surface area contributed by atoms with E-state index in [0.717, 1.165) is 18.6 Å². The van der Waals surface area contributed by atoms with Crippen molar-refractivity contribution in [2.24, 2.45) is 5.92 Å². The summed E-state index contributed by atoms with van der Waals surface area (Å²) in [5.41, 5.74) is 4.10. The molecule has 0 bridgehead atoms. The highest BCUT2D eigenvalue weighted by Crippen LogP contribution is 2.41. The molecule has 1 fully saturated rings. The summed E-state index contributed by atoms with van der Waals surface area (Å²) in [4.78, 5) is 0. The molecule has 0 radical (unpaired) electrons. The molecule has 0 amide bonds. The van der Waals surface area contributed by atoms with Crippen LogP contribution in [0.5, 0.6) is 5.75 Å². The number of rotatable bonds is 7. The molecule has 0 spiro atoms. The Hall–Kier alpha value is -2.32. The Morgan fingerprint density at radius 3 is 2.39 bits per heavy atom. The summed E-state index contributed by atoms with van der Waals surface area (Å²) in [6.45, 7) is 4.52. The lowest BCUT2D eigenvalue weighted by atomic mass is 9.88. The van der Waals surface area contributed by atoms with Gasteiger partial charge in [-0.2, -0.15) is 0 Å². The van der Waals surface area contributed by atoms with Crippen LogP contribution in [0.15, 0.2) is 60.7 Å². The van der Waals surface area contributed by atoms with Gasteiger partial charge in [-0.3, -0.25) is 0 Å². The van der Waals surface area contributed by atoms with Crippen LogP contribution in [0.2, 0.25) is 0 Å². The molecule has 0 aliphatic heterocycles. The fourth-order valence-corrected chi connectivity index (χ4v) is 5.37. The highest BCUT2D eigenvalue weighted by atomic mass is 16.7. The van der Waals surface area contributed by atoms with Crippen molar-refractivity contribution in [2.75, 3.05) is 0 Å². The number of benzene rings is 3. The monoisotopic (exact) mass is 414 g/mol. The van der Waals surface area contributed by atoms with Gasteiger partial charge in [0.05, 0.1) is 6.10 Å². The Kier molecular flexibility index (Phi) is 6.00. The lowest BCUT2D eigenvalue weighted by Crippen LogP contribution is -2.33. The summed E-state index contributed by atoms with van der Waals surface area (Å²) in [7, 11) is 0. The quantitative estimate of drug-likeness (QED) is 0.365. The van der Waals surface area contributed by atoms with Crippen LogP contribution in [0.4, 0.5) is 0 Å². The van der Waals surface area contributed by atoms with Gasteiger partial charge in [-0.25, -0.2) is 0 Å². The van der Waals surface area contributed by atoms with Crippen molar-refractivity contribution in [2.45, 2.75) is 77.1 Å². The Morgan fingerprint density at radius 1 is 0.903 bits per heavy atom. The van der Waals surface area contributed by atoms with Crippen LogP contribution < -0.4 is 4.74 Å². The predicted molar refractivity (Wildman–Crippen MR) is 128 cm³/mol. The smallest absolute Gasteiger partial charge is 0.203 e. The van der Waals surface area contributed by atoms with Crippen molar-refractivity contribution < 1.29 is 9.47 Å². The molecule has 31 heavy (non-hydrogen) atoms. The number of hydrogen-bond donors (Lipinski definition) is 0. The molecule has 3 aromatic rings. The van der Waals surface area contributed by atoms with Gasteiger partial charge in [0.15, 0.2) is 0 Å². The van der Waals surface area contributed by atoms with E-state index in [1.807, 2.05) is 0 Å². The van der Waals surface area contributed by atoms with Crippen molar-refractivity contribution in [1.29, 1.82) is 0 Å². The van der Waals surface area contributed by atoms with Crippen LogP contribution in [0.1, 0.15) is 81.1 Å². The van der Waals surface area contributed by atoms with Gasteiger partial charge in [-0.1, -0.05) is 81.6 Å². The normalized spacial score (nSPS) is 20.6. The van der Waals surface area contributed by atoms with Crippen molar-refractivity contribution in [3.63, 3.8) is 0 Å². The fraction of sp³-hybridized carbons (Fsp3) is 0.448. The summed E-state index contributed by atoms with van der Waals surface area (Å²) >= 11 is 0. The van der Waals surface area contributed by atoms with Crippen molar-refractivity contribution in [3.05, 3.63) is 77.4 Å². The second-order valence-corrected chi connectivity index (χ2v) is 9.45. The molecule has 3 unspecified atom stereocenters. The lowest BCUT2D eigenvalue weighted by Gasteiger charge is -2.32. The molecule has 0 saturated heterocycles. The molecule has 2 heteroatoms. The molecule has 5 rings (SSSR count). The molecule has 162 valence electrons. The van der Waals surface area contributed by atoms with Gasteiger partial charge in [0.2, 0.25) is 6.29 Å². The van der Waals surface area contributed by atoms with Crippen LogP contribution >= 0.6 is 0 Å². The Morgan fingerprint density at radius 2 is 1.65 bits per heavy atom. The minimum Gasteiger partial charge on any atom is -0.465 e. The molecular weight excluding hydrogens is 380 g/mol. The highest BCUT2D eigenvalue weighted by Gasteiger charge is 2.33. The Labute approximate surface area is 186 Å². The minimum atomic E-state index is -0.190. The van der Waals surface area contributed by atoms with Crippen molar-refractivity contribution in [3.8, 4) is 5.75 Å². The largest absolute Gasteiger partial charge is 0.465 e. The third-order valence-corrected chi connectivity index (χ3v) is 7.42. The van der Waals surface area contributed by atoms with E-state index >= 15 is 0 Å². The second-order valence-electron chi connectivity index (χ2n) is 9.45. The van der Waals surface area contributed by atoms with E-state index in [1.165, 1.54) is 59.6 Å². The summed E-state index contributed by atoms with van der Waals surface area (Å²) in [6, 6.07) is 21.9. The summed E-state index contributed by atoms with van der Waals surface area (Å²) in [5.74, 6) is 1.97. The molecule has 3 aromatic carbocycles. The van der Waals surface area contributed by atoms with Crippen molar-refractivity contribution in [1.82, 2.24) is 0 Å². The van der Waals surface area contributed by atoms with Crippen molar-refractivity contribution >= 4 is 10.8 Å². The SMILES string of the molecule is CCC(C)c1ccc(OC(OC2Cc3cccc4cccc2c34)C2CCCCC2)cc1. The molecule has 0 aromatic heterocycles. The topological polar surface area (TPSA) is 18.5 Å². The van der Waals surface area contributed by atoms with Crippen LogP contribution in [0.25, 0.3) is 10.8 Å². The molecule has 2 aliphatic carbocycles. The predicted octanol–water partition coefficient (Wildman–Crippen LogP) is 7.95.